The molecule has 6 rings (SSSR count). The van der Waals surface area contributed by atoms with E-state index in [0.717, 1.165) is 27.6 Å². The van der Waals surface area contributed by atoms with Crippen LogP contribution >= 0.6 is 0 Å². The summed E-state index contributed by atoms with van der Waals surface area (Å²) in [5.74, 6) is 0.849. The van der Waals surface area contributed by atoms with Crippen LogP contribution in [0.15, 0.2) is 54.6 Å². The number of fused-ring (bicyclic) bond motifs is 2. The number of Topliss-reactive ketones (excluding diaryl/α,β-unsaturated/α-hetero) is 1. The van der Waals surface area contributed by atoms with E-state index in [9.17, 15) is 14.4 Å². The van der Waals surface area contributed by atoms with Crippen molar-refractivity contribution in [1.82, 2.24) is 14.8 Å². The summed E-state index contributed by atoms with van der Waals surface area (Å²) in [6, 6.07) is 16.9. The van der Waals surface area contributed by atoms with Gasteiger partial charge in [-0.3, -0.25) is 14.5 Å². The largest absolute Gasteiger partial charge is 0.486 e. The van der Waals surface area contributed by atoms with Crippen LogP contribution in [0.1, 0.15) is 39.3 Å². The van der Waals surface area contributed by atoms with Gasteiger partial charge in [0.15, 0.2) is 23.4 Å². The fourth-order valence-electron chi connectivity index (χ4n) is 5.79. The summed E-state index contributed by atoms with van der Waals surface area (Å²) in [6.07, 6.45) is 1.48. The minimum Gasteiger partial charge on any atom is -0.486 e. The number of ketones is 1. The zero-order valence-corrected chi connectivity index (χ0v) is 21.0. The number of benzene rings is 2. The van der Waals surface area contributed by atoms with Gasteiger partial charge in [-0.15, -0.1) is 0 Å². The summed E-state index contributed by atoms with van der Waals surface area (Å²) >= 11 is 0. The first-order valence-electron chi connectivity index (χ1n) is 12.6. The van der Waals surface area contributed by atoms with E-state index in [4.69, 9.17) is 9.47 Å². The number of hydrogen-bond donors (Lipinski definition) is 1. The Labute approximate surface area is 215 Å². The maximum absolute atomic E-state index is 13.4. The molecule has 2 aromatic carbocycles. The number of carbonyl (C=O) groups is 3. The van der Waals surface area contributed by atoms with Crippen molar-refractivity contribution in [3.63, 3.8) is 0 Å². The number of hydrogen-bond acceptors (Lipinski definition) is 5. The lowest BCUT2D eigenvalue weighted by molar-refractivity contribution is -0.131. The molecule has 1 spiro atoms. The number of para-hydroxylation sites is 2. The number of ether oxygens (including phenoxy) is 2. The van der Waals surface area contributed by atoms with E-state index in [2.05, 4.69) is 11.4 Å². The fourth-order valence-corrected chi connectivity index (χ4v) is 5.79. The predicted octanol–water partition coefficient (Wildman–Crippen LogP) is 3.61. The molecule has 0 radical (unpaired) electrons. The first kappa shape index (κ1) is 23.3. The number of nitrogens with zero attached hydrogens (tertiary/aromatic N) is 2. The second kappa shape index (κ2) is 8.80. The summed E-state index contributed by atoms with van der Waals surface area (Å²) in [7, 11) is 0. The van der Waals surface area contributed by atoms with Gasteiger partial charge in [-0.1, -0.05) is 36.4 Å². The zero-order valence-electron chi connectivity index (χ0n) is 21.0. The number of urea groups is 1. The van der Waals surface area contributed by atoms with Crippen LogP contribution in [0.3, 0.4) is 0 Å². The van der Waals surface area contributed by atoms with E-state index in [0.29, 0.717) is 43.7 Å². The third-order valence-corrected chi connectivity index (χ3v) is 7.81. The summed E-state index contributed by atoms with van der Waals surface area (Å²) in [4.78, 5) is 40.7. The van der Waals surface area contributed by atoms with Crippen molar-refractivity contribution < 1.29 is 23.9 Å². The highest BCUT2D eigenvalue weighted by atomic mass is 16.6. The second-order valence-electron chi connectivity index (χ2n) is 10.2. The molecule has 1 aliphatic carbocycles. The third kappa shape index (κ3) is 3.97. The number of amides is 3. The maximum Gasteiger partial charge on any atom is 0.325 e. The maximum atomic E-state index is 13.4. The molecule has 3 aromatic rings. The molecular weight excluding hydrogens is 470 g/mol. The highest BCUT2D eigenvalue weighted by Gasteiger charge is 2.52. The first-order chi connectivity index (χ1) is 17.8. The molecule has 2 aliphatic heterocycles. The fraction of sp³-hybridized carbons (Fsp3) is 0.345. The molecule has 2 unspecified atom stereocenters. The molecule has 8 nitrogen and oxygen atoms in total. The summed E-state index contributed by atoms with van der Waals surface area (Å²) in [6.45, 7) is 4.46. The number of aryl methyl sites for hydroxylation is 2. The zero-order chi connectivity index (χ0) is 25.7. The van der Waals surface area contributed by atoms with Crippen LogP contribution in [0.4, 0.5) is 4.79 Å². The van der Waals surface area contributed by atoms with Crippen LogP contribution in [-0.2, 0) is 24.2 Å². The van der Waals surface area contributed by atoms with Crippen LogP contribution in [0.2, 0.25) is 0 Å². The Balaban J connectivity index is 1.17. The molecule has 3 heterocycles. The lowest BCUT2D eigenvalue weighted by Gasteiger charge is -2.32. The third-order valence-electron chi connectivity index (χ3n) is 7.81. The molecule has 1 saturated heterocycles. The SMILES string of the molecule is Cc1cc(C(=O)CN2C(=O)NC3(CCc4ccccc4C3)C2=O)c(C)n1CC1COc2ccccc2O1. The Hall–Kier alpha value is -4.07. The average molecular weight is 500 g/mol. The number of nitrogens with one attached hydrogen (secondary N) is 1. The number of carbonyl (C=O) groups excluding carboxylic acids is 3. The van der Waals surface area contributed by atoms with E-state index < -0.39 is 11.6 Å². The minimum absolute atomic E-state index is 0.206. The lowest BCUT2D eigenvalue weighted by atomic mass is 9.78. The summed E-state index contributed by atoms with van der Waals surface area (Å²) < 4.78 is 14.0. The number of rotatable bonds is 5. The molecule has 0 bridgehead atoms. The first-order valence-corrected chi connectivity index (χ1v) is 12.6. The quantitative estimate of drug-likeness (QED) is 0.428. The summed E-state index contributed by atoms with van der Waals surface area (Å²) in [5.41, 5.74) is 3.48. The molecule has 3 amide bonds. The average Bonchev–Trinajstić information content (AvgIpc) is 3.30. The molecule has 1 N–H and O–H groups in total. The van der Waals surface area contributed by atoms with Gasteiger partial charge >= 0.3 is 6.03 Å². The van der Waals surface area contributed by atoms with Crippen molar-refractivity contribution in [2.45, 2.75) is 51.3 Å². The van der Waals surface area contributed by atoms with E-state index in [1.165, 1.54) is 5.56 Å². The van der Waals surface area contributed by atoms with Crippen LogP contribution < -0.4 is 14.8 Å². The molecule has 8 heteroatoms. The van der Waals surface area contributed by atoms with Crippen LogP contribution in [0.5, 0.6) is 11.5 Å². The van der Waals surface area contributed by atoms with Gasteiger partial charge in [0.25, 0.3) is 5.91 Å². The Kier molecular flexibility index (Phi) is 5.55. The molecule has 0 saturated carbocycles. The van der Waals surface area contributed by atoms with Crippen LogP contribution in [-0.4, -0.2) is 52.0 Å². The molecular formula is C29H29N3O5. The smallest absolute Gasteiger partial charge is 0.325 e. The van der Waals surface area contributed by atoms with Crippen molar-refractivity contribution in [2.75, 3.05) is 13.2 Å². The predicted molar refractivity (Wildman–Crippen MR) is 136 cm³/mol. The van der Waals surface area contributed by atoms with E-state index in [1.807, 2.05) is 66.9 Å². The van der Waals surface area contributed by atoms with E-state index >= 15 is 0 Å². The molecule has 1 fully saturated rings. The highest BCUT2D eigenvalue weighted by molar-refractivity contribution is 6.11. The second-order valence-corrected chi connectivity index (χ2v) is 10.2. The normalized spacial score (nSPS) is 22.2. The monoisotopic (exact) mass is 499 g/mol. The van der Waals surface area contributed by atoms with Gasteiger partial charge in [-0.2, -0.15) is 0 Å². The highest BCUT2D eigenvalue weighted by Crippen LogP contribution is 2.34. The van der Waals surface area contributed by atoms with Crippen molar-refractivity contribution in [3.05, 3.63) is 82.7 Å². The Bertz CT molecular complexity index is 1430. The van der Waals surface area contributed by atoms with Gasteiger partial charge in [-0.05, 0) is 56.0 Å². The van der Waals surface area contributed by atoms with Crippen molar-refractivity contribution >= 4 is 17.7 Å². The van der Waals surface area contributed by atoms with E-state index in [-0.39, 0.29) is 24.3 Å². The lowest BCUT2D eigenvalue weighted by Crippen LogP contribution is -2.51. The van der Waals surface area contributed by atoms with Gasteiger partial charge in [0.2, 0.25) is 0 Å². The van der Waals surface area contributed by atoms with Gasteiger partial charge in [0.1, 0.15) is 12.1 Å². The van der Waals surface area contributed by atoms with Crippen LogP contribution in [0, 0.1) is 13.8 Å². The van der Waals surface area contributed by atoms with Gasteiger partial charge in [0, 0.05) is 23.4 Å². The molecule has 3 aliphatic rings. The molecule has 1 aromatic heterocycles. The van der Waals surface area contributed by atoms with Gasteiger partial charge < -0.3 is 19.4 Å². The standard InChI is InChI=1S/C29H29N3O5/c1-18-13-23(19(2)31(18)15-22-17-36-25-9-5-6-10-26(25)37-22)24(33)16-32-27(34)29(30-28(32)35)12-11-20-7-3-4-8-21(20)14-29/h3-10,13,22H,11-12,14-17H2,1-2H3,(H,30,35). The van der Waals surface area contributed by atoms with Crippen LogP contribution in [0.25, 0.3) is 0 Å². The van der Waals surface area contributed by atoms with Crippen molar-refractivity contribution in [1.29, 1.82) is 0 Å². The molecule has 37 heavy (non-hydrogen) atoms. The topological polar surface area (TPSA) is 89.9 Å². The van der Waals surface area contributed by atoms with Gasteiger partial charge in [0.05, 0.1) is 13.1 Å². The van der Waals surface area contributed by atoms with E-state index in [1.54, 1.807) is 0 Å². The van der Waals surface area contributed by atoms with Gasteiger partial charge in [-0.25, -0.2) is 4.79 Å². The molecule has 190 valence electrons. The van der Waals surface area contributed by atoms with Crippen molar-refractivity contribution in [3.8, 4) is 11.5 Å². The summed E-state index contributed by atoms with van der Waals surface area (Å²) in [5, 5.41) is 2.91. The number of aromatic nitrogens is 1. The minimum atomic E-state index is -0.975. The number of imide groups is 1. The Morgan fingerprint density at radius 2 is 1.78 bits per heavy atom. The van der Waals surface area contributed by atoms with Crippen molar-refractivity contribution in [2.24, 2.45) is 0 Å². The molecule has 2 atom stereocenters. The Morgan fingerprint density at radius 1 is 1.05 bits per heavy atom. The Morgan fingerprint density at radius 3 is 2.59 bits per heavy atom.